The van der Waals surface area contributed by atoms with Crippen LogP contribution in [-0.4, -0.2) is 53.0 Å². The Kier molecular flexibility index (Phi) is 8.57. The van der Waals surface area contributed by atoms with Gasteiger partial charge in [-0.05, 0) is 36.1 Å². The number of non-ortho nitro benzene ring substituents is 1. The van der Waals surface area contributed by atoms with Crippen LogP contribution >= 0.6 is 0 Å². The maximum absolute atomic E-state index is 12.7. The number of benzene rings is 2. The molecule has 2 aromatic carbocycles. The molecule has 1 aliphatic heterocycles. The van der Waals surface area contributed by atoms with Crippen molar-refractivity contribution in [2.24, 2.45) is 0 Å². The quantitative estimate of drug-likeness (QED) is 0.318. The molecule has 1 heterocycles. The number of piperidine rings is 1. The van der Waals surface area contributed by atoms with Gasteiger partial charge in [0.05, 0.1) is 4.92 Å². The zero-order chi connectivity index (χ0) is 22.8. The largest absolute Gasteiger partial charge is 0.445 e. The SMILES string of the molecule is C=CCN(C(=O)OCc1ccc([N+](=O)[O-])cc1)C1CCN(CC=Cc2ccccc2)CC1. The van der Waals surface area contributed by atoms with Gasteiger partial charge in [0.2, 0.25) is 0 Å². The van der Waals surface area contributed by atoms with E-state index in [1.165, 1.54) is 17.7 Å². The Labute approximate surface area is 188 Å². The summed E-state index contributed by atoms with van der Waals surface area (Å²) >= 11 is 0. The first-order valence-electron chi connectivity index (χ1n) is 10.8. The van der Waals surface area contributed by atoms with E-state index in [2.05, 4.69) is 35.8 Å². The second-order valence-electron chi connectivity index (χ2n) is 7.76. The van der Waals surface area contributed by atoms with Crippen LogP contribution in [0.25, 0.3) is 6.08 Å². The van der Waals surface area contributed by atoms with Crippen molar-refractivity contribution in [2.45, 2.75) is 25.5 Å². The summed E-state index contributed by atoms with van der Waals surface area (Å²) < 4.78 is 5.48. The Morgan fingerprint density at radius 1 is 1.16 bits per heavy atom. The Balaban J connectivity index is 1.47. The number of likely N-dealkylation sites (tertiary alicyclic amines) is 1. The van der Waals surface area contributed by atoms with Gasteiger partial charge in [-0.3, -0.25) is 15.0 Å². The second kappa shape index (κ2) is 11.8. The maximum Gasteiger partial charge on any atom is 0.410 e. The Hall–Kier alpha value is -3.45. The van der Waals surface area contributed by atoms with Crippen LogP contribution in [-0.2, 0) is 11.3 Å². The molecule has 0 atom stereocenters. The van der Waals surface area contributed by atoms with Crippen LogP contribution in [0.4, 0.5) is 10.5 Å². The van der Waals surface area contributed by atoms with Crippen LogP contribution in [0.2, 0.25) is 0 Å². The minimum Gasteiger partial charge on any atom is -0.445 e. The fraction of sp³-hybridized carbons (Fsp3) is 0.320. The topological polar surface area (TPSA) is 75.9 Å². The van der Waals surface area contributed by atoms with Crippen molar-refractivity contribution in [3.8, 4) is 0 Å². The highest BCUT2D eigenvalue weighted by Gasteiger charge is 2.28. The molecule has 32 heavy (non-hydrogen) atoms. The Morgan fingerprint density at radius 3 is 2.47 bits per heavy atom. The van der Waals surface area contributed by atoms with Gasteiger partial charge in [-0.15, -0.1) is 6.58 Å². The van der Waals surface area contributed by atoms with Gasteiger partial charge >= 0.3 is 6.09 Å². The van der Waals surface area contributed by atoms with E-state index in [1.807, 2.05) is 18.2 Å². The first-order chi connectivity index (χ1) is 15.6. The van der Waals surface area contributed by atoms with Crippen molar-refractivity contribution in [1.29, 1.82) is 0 Å². The third-order valence-corrected chi connectivity index (χ3v) is 5.54. The molecule has 1 amide bonds. The van der Waals surface area contributed by atoms with Crippen LogP contribution in [0.3, 0.4) is 0 Å². The standard InChI is InChI=1S/C25H29N3O4/c1-2-16-27(25(29)32-20-22-10-12-24(13-11-22)28(30)31)23-14-18-26(19-15-23)17-6-9-21-7-4-3-5-8-21/h2-13,23H,1,14-20H2. The molecule has 168 valence electrons. The lowest BCUT2D eigenvalue weighted by Crippen LogP contribution is -2.47. The summed E-state index contributed by atoms with van der Waals surface area (Å²) in [5, 5.41) is 10.8. The normalized spacial score (nSPS) is 14.9. The first kappa shape index (κ1) is 23.2. The zero-order valence-electron chi connectivity index (χ0n) is 18.1. The number of carbonyl (C=O) groups excluding carboxylic acids is 1. The van der Waals surface area contributed by atoms with E-state index in [1.54, 1.807) is 23.1 Å². The van der Waals surface area contributed by atoms with Crippen LogP contribution in [0.1, 0.15) is 24.0 Å². The number of carbonyl (C=O) groups is 1. The van der Waals surface area contributed by atoms with Crippen LogP contribution < -0.4 is 0 Å². The summed E-state index contributed by atoms with van der Waals surface area (Å²) in [6, 6.07) is 16.4. The fourth-order valence-corrected chi connectivity index (χ4v) is 3.77. The predicted molar refractivity (Wildman–Crippen MR) is 125 cm³/mol. The van der Waals surface area contributed by atoms with Gasteiger partial charge in [0.25, 0.3) is 5.69 Å². The molecule has 0 spiro atoms. The molecule has 0 unspecified atom stereocenters. The van der Waals surface area contributed by atoms with E-state index < -0.39 is 4.92 Å². The van der Waals surface area contributed by atoms with Gasteiger partial charge in [0.15, 0.2) is 0 Å². The lowest BCUT2D eigenvalue weighted by Gasteiger charge is -2.37. The molecule has 7 heteroatoms. The van der Waals surface area contributed by atoms with E-state index >= 15 is 0 Å². The van der Waals surface area contributed by atoms with E-state index in [0.29, 0.717) is 12.1 Å². The summed E-state index contributed by atoms with van der Waals surface area (Å²) in [5.74, 6) is 0. The smallest absolute Gasteiger partial charge is 0.410 e. The average Bonchev–Trinajstić information content (AvgIpc) is 2.82. The highest BCUT2D eigenvalue weighted by Crippen LogP contribution is 2.19. The molecule has 0 aromatic heterocycles. The van der Waals surface area contributed by atoms with Crippen LogP contribution in [0, 0.1) is 10.1 Å². The number of ether oxygens (including phenoxy) is 1. The molecule has 3 rings (SSSR count). The van der Waals surface area contributed by atoms with E-state index in [0.717, 1.165) is 32.5 Å². The second-order valence-corrected chi connectivity index (χ2v) is 7.76. The number of amides is 1. The molecule has 7 nitrogen and oxygen atoms in total. The lowest BCUT2D eigenvalue weighted by atomic mass is 10.0. The van der Waals surface area contributed by atoms with Gasteiger partial charge in [-0.25, -0.2) is 4.79 Å². The molecule has 1 fully saturated rings. The van der Waals surface area contributed by atoms with Gasteiger partial charge in [-0.1, -0.05) is 48.6 Å². The molecule has 0 N–H and O–H groups in total. The average molecular weight is 436 g/mol. The molecule has 0 aliphatic carbocycles. The molecule has 0 bridgehead atoms. The Bertz CT molecular complexity index is 920. The van der Waals surface area contributed by atoms with Gasteiger partial charge in [0.1, 0.15) is 6.61 Å². The molecular formula is C25H29N3O4. The lowest BCUT2D eigenvalue weighted by molar-refractivity contribution is -0.384. The minimum atomic E-state index is -0.453. The van der Waals surface area contributed by atoms with Gasteiger partial charge in [-0.2, -0.15) is 0 Å². The number of hydrogen-bond acceptors (Lipinski definition) is 5. The predicted octanol–water partition coefficient (Wildman–Crippen LogP) is 4.90. The molecule has 1 saturated heterocycles. The highest BCUT2D eigenvalue weighted by atomic mass is 16.6. The molecule has 0 radical (unpaired) electrons. The van der Waals surface area contributed by atoms with Crippen molar-refractivity contribution in [1.82, 2.24) is 9.80 Å². The summed E-state index contributed by atoms with van der Waals surface area (Å²) in [7, 11) is 0. The number of nitro groups is 1. The molecular weight excluding hydrogens is 406 g/mol. The van der Waals surface area contributed by atoms with E-state index in [9.17, 15) is 14.9 Å². The minimum absolute atomic E-state index is 0.0127. The molecule has 1 aliphatic rings. The van der Waals surface area contributed by atoms with Crippen LogP contribution in [0.5, 0.6) is 0 Å². The fourth-order valence-electron chi connectivity index (χ4n) is 3.77. The third-order valence-electron chi connectivity index (χ3n) is 5.54. The monoisotopic (exact) mass is 435 g/mol. The molecule has 0 saturated carbocycles. The van der Waals surface area contributed by atoms with Gasteiger partial charge in [0, 0.05) is 44.4 Å². The highest BCUT2D eigenvalue weighted by molar-refractivity contribution is 5.68. The van der Waals surface area contributed by atoms with Crippen LogP contribution in [0.15, 0.2) is 73.3 Å². The van der Waals surface area contributed by atoms with E-state index in [-0.39, 0.29) is 24.4 Å². The summed E-state index contributed by atoms with van der Waals surface area (Å²) in [6.45, 7) is 6.98. The summed E-state index contributed by atoms with van der Waals surface area (Å²) in [4.78, 5) is 27.1. The van der Waals surface area contributed by atoms with Gasteiger partial charge < -0.3 is 9.64 Å². The van der Waals surface area contributed by atoms with Crippen molar-refractivity contribution >= 4 is 17.9 Å². The summed E-state index contributed by atoms with van der Waals surface area (Å²) in [5.41, 5.74) is 1.91. The Morgan fingerprint density at radius 2 is 1.84 bits per heavy atom. The zero-order valence-corrected chi connectivity index (χ0v) is 18.1. The number of hydrogen-bond donors (Lipinski definition) is 0. The third kappa shape index (κ3) is 6.78. The van der Waals surface area contributed by atoms with Crippen molar-refractivity contribution in [3.05, 3.63) is 94.6 Å². The van der Waals surface area contributed by atoms with Crippen molar-refractivity contribution in [2.75, 3.05) is 26.2 Å². The van der Waals surface area contributed by atoms with E-state index in [4.69, 9.17) is 4.74 Å². The molecule has 2 aromatic rings. The number of nitrogens with zero attached hydrogens (tertiary/aromatic N) is 3. The summed E-state index contributed by atoms with van der Waals surface area (Å²) in [6.07, 6.45) is 7.38. The number of nitro benzene ring substituents is 1. The van der Waals surface area contributed by atoms with Crippen molar-refractivity contribution in [3.63, 3.8) is 0 Å². The number of rotatable bonds is 9. The first-order valence-corrected chi connectivity index (χ1v) is 10.8. The maximum atomic E-state index is 12.7. The van der Waals surface area contributed by atoms with Crippen molar-refractivity contribution < 1.29 is 14.5 Å².